The molecule has 0 saturated heterocycles. The second kappa shape index (κ2) is 4.10. The van der Waals surface area contributed by atoms with E-state index in [2.05, 4.69) is 14.7 Å². The molecule has 2 rings (SSSR count). The van der Waals surface area contributed by atoms with Crippen LogP contribution in [0.1, 0.15) is 6.92 Å². The van der Waals surface area contributed by atoms with Crippen LogP contribution in [0, 0.1) is 0 Å². The van der Waals surface area contributed by atoms with E-state index in [4.69, 9.17) is 0 Å². The second-order valence-corrected chi connectivity index (χ2v) is 5.10. The Hall–Kier alpha value is -0.880. The third-order valence-electron chi connectivity index (χ3n) is 1.71. The van der Waals surface area contributed by atoms with Crippen molar-refractivity contribution in [1.29, 1.82) is 0 Å². The first-order valence-electron chi connectivity index (χ1n) is 4.15. The standard InChI is InChI=1S/C8H9N3OS2/c1-2-14(12)8-10-6-3-4-9-5-7(6)13-11-8/h3-5H,2H2,1H3,(H,10,11). The van der Waals surface area contributed by atoms with Gasteiger partial charge in [-0.05, 0) is 18.0 Å². The lowest BCUT2D eigenvalue weighted by Gasteiger charge is -2.14. The third kappa shape index (κ3) is 1.80. The van der Waals surface area contributed by atoms with Gasteiger partial charge in [0.25, 0.3) is 0 Å². The number of aliphatic imine (C=N–C) groups is 1. The van der Waals surface area contributed by atoms with Gasteiger partial charge in [-0.3, -0.25) is 9.19 Å². The summed E-state index contributed by atoms with van der Waals surface area (Å²) >= 11 is 1.40. The van der Waals surface area contributed by atoms with Crippen molar-refractivity contribution < 1.29 is 4.21 Å². The fourth-order valence-electron chi connectivity index (χ4n) is 1.01. The molecule has 0 aliphatic carbocycles. The van der Waals surface area contributed by atoms with Gasteiger partial charge in [-0.15, -0.1) is 0 Å². The monoisotopic (exact) mass is 227 g/mol. The zero-order valence-electron chi connectivity index (χ0n) is 7.56. The molecule has 0 radical (unpaired) electrons. The highest BCUT2D eigenvalue weighted by molar-refractivity contribution is 8.05. The Kier molecular flexibility index (Phi) is 2.83. The summed E-state index contributed by atoms with van der Waals surface area (Å²) in [5.41, 5.74) is 0.834. The fourth-order valence-corrected chi connectivity index (χ4v) is 2.55. The van der Waals surface area contributed by atoms with E-state index >= 15 is 0 Å². The Morgan fingerprint density at radius 3 is 3.29 bits per heavy atom. The number of hydrogen-bond acceptors (Lipinski definition) is 5. The Morgan fingerprint density at radius 2 is 2.50 bits per heavy atom. The molecular weight excluding hydrogens is 218 g/mol. The SMILES string of the molecule is CCS(=O)C1=Nc2ccncc2SN1. The molecule has 1 aliphatic rings. The molecule has 2 heterocycles. The highest BCUT2D eigenvalue weighted by Gasteiger charge is 2.15. The van der Waals surface area contributed by atoms with Crippen molar-refractivity contribution in [3.8, 4) is 0 Å². The largest absolute Gasteiger partial charge is 0.303 e. The predicted molar refractivity (Wildman–Crippen MR) is 59.0 cm³/mol. The number of nitrogens with zero attached hydrogens (tertiary/aromatic N) is 2. The van der Waals surface area contributed by atoms with Crippen molar-refractivity contribution in [3.63, 3.8) is 0 Å². The van der Waals surface area contributed by atoms with Gasteiger partial charge in [0.2, 0.25) is 5.17 Å². The lowest BCUT2D eigenvalue weighted by Crippen LogP contribution is -2.24. The molecule has 14 heavy (non-hydrogen) atoms. The van der Waals surface area contributed by atoms with Crippen molar-refractivity contribution in [3.05, 3.63) is 18.5 Å². The molecule has 0 bridgehead atoms. The van der Waals surface area contributed by atoms with Crippen LogP contribution in [0.4, 0.5) is 5.69 Å². The van der Waals surface area contributed by atoms with Crippen LogP contribution in [0.25, 0.3) is 0 Å². The molecule has 0 saturated carbocycles. The highest BCUT2D eigenvalue weighted by Crippen LogP contribution is 2.30. The molecule has 1 atom stereocenters. The first-order valence-corrected chi connectivity index (χ1v) is 6.28. The van der Waals surface area contributed by atoms with Crippen molar-refractivity contribution in [2.45, 2.75) is 11.8 Å². The lowest BCUT2D eigenvalue weighted by atomic mass is 10.4. The molecular formula is C8H9N3OS2. The molecule has 1 unspecified atom stereocenters. The van der Waals surface area contributed by atoms with Crippen LogP contribution in [-0.4, -0.2) is 20.1 Å². The number of nitrogens with one attached hydrogen (secondary N) is 1. The molecule has 4 nitrogen and oxygen atoms in total. The maximum atomic E-state index is 11.5. The molecule has 0 aromatic carbocycles. The Morgan fingerprint density at radius 1 is 1.64 bits per heavy atom. The molecule has 1 aromatic rings. The number of rotatable bonds is 1. The van der Waals surface area contributed by atoms with Gasteiger partial charge in [0, 0.05) is 18.1 Å². The fraction of sp³-hybridized carbons (Fsp3) is 0.250. The average Bonchev–Trinajstić information content (AvgIpc) is 2.27. The van der Waals surface area contributed by atoms with Crippen LogP contribution in [0.3, 0.4) is 0 Å². The van der Waals surface area contributed by atoms with Gasteiger partial charge in [0.1, 0.15) is 0 Å². The van der Waals surface area contributed by atoms with E-state index in [9.17, 15) is 4.21 Å². The zero-order valence-corrected chi connectivity index (χ0v) is 9.19. The van der Waals surface area contributed by atoms with Gasteiger partial charge >= 0.3 is 0 Å². The molecule has 6 heteroatoms. The summed E-state index contributed by atoms with van der Waals surface area (Å²) in [5.74, 6) is 0.576. The van der Waals surface area contributed by atoms with E-state index in [-0.39, 0.29) is 0 Å². The van der Waals surface area contributed by atoms with Gasteiger partial charge in [0.05, 0.1) is 21.4 Å². The zero-order chi connectivity index (χ0) is 9.97. The minimum atomic E-state index is -1.02. The molecule has 0 fully saturated rings. The van der Waals surface area contributed by atoms with Gasteiger partial charge < -0.3 is 4.72 Å². The van der Waals surface area contributed by atoms with Crippen LogP contribution in [-0.2, 0) is 10.8 Å². The predicted octanol–water partition coefficient (Wildman–Crippen LogP) is 1.45. The van der Waals surface area contributed by atoms with Gasteiger partial charge in [-0.1, -0.05) is 6.92 Å². The molecule has 0 amide bonds. The van der Waals surface area contributed by atoms with Crippen molar-refractivity contribution in [2.24, 2.45) is 4.99 Å². The first kappa shape index (κ1) is 9.67. The minimum Gasteiger partial charge on any atom is -0.303 e. The van der Waals surface area contributed by atoms with Crippen molar-refractivity contribution >= 4 is 33.6 Å². The molecule has 1 aliphatic heterocycles. The summed E-state index contributed by atoms with van der Waals surface area (Å²) in [7, 11) is -1.02. The van der Waals surface area contributed by atoms with Crippen molar-refractivity contribution in [2.75, 3.05) is 5.75 Å². The van der Waals surface area contributed by atoms with Crippen molar-refractivity contribution in [1.82, 2.24) is 9.71 Å². The summed E-state index contributed by atoms with van der Waals surface area (Å²) in [6.07, 6.45) is 3.42. The number of amidine groups is 1. The number of pyridine rings is 1. The van der Waals surface area contributed by atoms with Crippen LogP contribution in [0.15, 0.2) is 28.3 Å². The molecule has 74 valence electrons. The smallest absolute Gasteiger partial charge is 0.203 e. The van der Waals surface area contributed by atoms with E-state index in [0.717, 1.165) is 10.6 Å². The molecule has 0 spiro atoms. The summed E-state index contributed by atoms with van der Waals surface area (Å²) in [4.78, 5) is 9.21. The first-order chi connectivity index (χ1) is 6.81. The number of hydrogen-bond donors (Lipinski definition) is 1. The van der Waals surface area contributed by atoms with Gasteiger partial charge in [0.15, 0.2) is 0 Å². The van der Waals surface area contributed by atoms with E-state index in [1.54, 1.807) is 12.4 Å². The van der Waals surface area contributed by atoms with Crippen LogP contribution in [0.2, 0.25) is 0 Å². The summed E-state index contributed by atoms with van der Waals surface area (Å²) in [5, 5.41) is 0.538. The summed E-state index contributed by atoms with van der Waals surface area (Å²) in [6, 6.07) is 1.82. The van der Waals surface area contributed by atoms with Crippen LogP contribution >= 0.6 is 11.9 Å². The number of aromatic nitrogens is 1. The van der Waals surface area contributed by atoms with E-state index in [1.165, 1.54) is 11.9 Å². The van der Waals surface area contributed by atoms with Gasteiger partial charge in [-0.25, -0.2) is 4.99 Å². The van der Waals surface area contributed by atoms with Gasteiger partial charge in [-0.2, -0.15) is 0 Å². The Bertz CT molecular complexity index is 405. The van der Waals surface area contributed by atoms with Crippen LogP contribution < -0.4 is 4.72 Å². The average molecular weight is 227 g/mol. The number of fused-ring (bicyclic) bond motifs is 1. The van der Waals surface area contributed by atoms with Crippen LogP contribution in [0.5, 0.6) is 0 Å². The Balaban J connectivity index is 2.36. The van der Waals surface area contributed by atoms with E-state index in [1.807, 2.05) is 13.0 Å². The minimum absolute atomic E-state index is 0.538. The highest BCUT2D eigenvalue weighted by atomic mass is 32.2. The topological polar surface area (TPSA) is 54.4 Å². The Labute approximate surface area is 88.8 Å². The summed E-state index contributed by atoms with van der Waals surface area (Å²) in [6.45, 7) is 1.87. The van der Waals surface area contributed by atoms with E-state index < -0.39 is 10.8 Å². The quantitative estimate of drug-likeness (QED) is 0.738. The maximum absolute atomic E-state index is 11.5. The molecule has 1 aromatic heterocycles. The third-order valence-corrected chi connectivity index (χ3v) is 3.82. The summed E-state index contributed by atoms with van der Waals surface area (Å²) < 4.78 is 14.4. The maximum Gasteiger partial charge on any atom is 0.203 e. The van der Waals surface area contributed by atoms with E-state index in [0.29, 0.717) is 10.9 Å². The molecule has 1 N–H and O–H groups in total. The lowest BCUT2D eigenvalue weighted by molar-refractivity contribution is 0.690. The second-order valence-electron chi connectivity index (χ2n) is 2.60. The normalized spacial score (nSPS) is 16.5.